The van der Waals surface area contributed by atoms with Gasteiger partial charge >= 0.3 is 0 Å². The number of aryl methyl sites for hydroxylation is 1. The van der Waals surface area contributed by atoms with E-state index < -0.39 is 0 Å². The van der Waals surface area contributed by atoms with Crippen LogP contribution in [-0.4, -0.2) is 24.8 Å². The van der Waals surface area contributed by atoms with Crippen molar-refractivity contribution in [3.8, 4) is 0 Å². The molecule has 0 saturated heterocycles. The molecule has 0 atom stereocenters. The van der Waals surface area contributed by atoms with Crippen LogP contribution in [0.5, 0.6) is 0 Å². The van der Waals surface area contributed by atoms with E-state index in [-0.39, 0.29) is 24.0 Å². The summed E-state index contributed by atoms with van der Waals surface area (Å²) in [4.78, 5) is 5.68. The Kier molecular flexibility index (Phi) is 8.37. The van der Waals surface area contributed by atoms with Gasteiger partial charge in [-0.3, -0.25) is 4.99 Å². The molecular weight excluding hydrogens is 381 g/mol. The van der Waals surface area contributed by atoms with Crippen LogP contribution >= 0.6 is 35.7 Å². The van der Waals surface area contributed by atoms with Crippen LogP contribution in [0.1, 0.15) is 24.8 Å². The molecule has 1 aliphatic rings. The third kappa shape index (κ3) is 6.35. The maximum absolute atomic E-state index is 5.83. The lowest BCUT2D eigenvalue weighted by Gasteiger charge is -2.23. The first kappa shape index (κ1) is 17.6. The van der Waals surface area contributed by atoms with E-state index >= 15 is 0 Å². The van der Waals surface area contributed by atoms with Crippen LogP contribution < -0.4 is 11.1 Å². The Morgan fingerprint density at radius 3 is 2.65 bits per heavy atom. The lowest BCUT2D eigenvalue weighted by molar-refractivity contribution is 0.326. The molecule has 1 aromatic rings. The monoisotopic (exact) mass is 405 g/mol. The number of hydrogen-bond donors (Lipinski definition) is 2. The minimum absolute atomic E-state index is 0. The Morgan fingerprint density at radius 2 is 2.05 bits per heavy atom. The summed E-state index contributed by atoms with van der Waals surface area (Å²) in [5.41, 5.74) is 7.13. The lowest BCUT2D eigenvalue weighted by Crippen LogP contribution is -2.34. The summed E-state index contributed by atoms with van der Waals surface area (Å²) >= 11 is 1.84. The minimum atomic E-state index is 0. The smallest absolute Gasteiger partial charge is 0.188 e. The number of aliphatic imine (C=N–C) groups is 1. The van der Waals surface area contributed by atoms with Gasteiger partial charge in [-0.15, -0.1) is 35.7 Å². The van der Waals surface area contributed by atoms with Gasteiger partial charge in [0.05, 0.1) is 0 Å². The highest BCUT2D eigenvalue weighted by atomic mass is 127. The van der Waals surface area contributed by atoms with Gasteiger partial charge in [0.2, 0.25) is 0 Å². The fourth-order valence-electron chi connectivity index (χ4n) is 1.94. The second kappa shape index (κ2) is 9.50. The second-order valence-corrected chi connectivity index (χ2v) is 6.28. The Morgan fingerprint density at radius 1 is 1.35 bits per heavy atom. The summed E-state index contributed by atoms with van der Waals surface area (Å²) in [6, 6.07) is 8.61. The van der Waals surface area contributed by atoms with E-state index in [1.165, 1.54) is 29.7 Å². The molecule has 1 saturated carbocycles. The zero-order chi connectivity index (χ0) is 13.5. The van der Waals surface area contributed by atoms with Crippen molar-refractivity contribution >= 4 is 41.7 Å². The summed E-state index contributed by atoms with van der Waals surface area (Å²) in [7, 11) is 0. The number of thioether (sulfide) groups is 1. The lowest BCUT2D eigenvalue weighted by atomic mass is 9.86. The van der Waals surface area contributed by atoms with Crippen LogP contribution in [-0.2, 0) is 0 Å². The first-order chi connectivity index (χ1) is 9.24. The molecule has 2 rings (SSSR count). The van der Waals surface area contributed by atoms with E-state index in [9.17, 15) is 0 Å². The molecule has 112 valence electrons. The van der Waals surface area contributed by atoms with Gasteiger partial charge in [-0.05, 0) is 37.8 Å². The fourth-order valence-corrected chi connectivity index (χ4v) is 2.71. The first-order valence-electron chi connectivity index (χ1n) is 6.97. The number of nitrogens with zero attached hydrogens (tertiary/aromatic N) is 1. The molecule has 0 unspecified atom stereocenters. The van der Waals surface area contributed by atoms with E-state index in [0.717, 1.165) is 24.8 Å². The number of rotatable bonds is 6. The maximum atomic E-state index is 5.83. The van der Waals surface area contributed by atoms with Gasteiger partial charge in [-0.25, -0.2) is 0 Å². The van der Waals surface area contributed by atoms with Crippen LogP contribution in [0.2, 0.25) is 0 Å². The van der Waals surface area contributed by atoms with Crippen molar-refractivity contribution < 1.29 is 0 Å². The molecule has 1 aliphatic carbocycles. The molecule has 0 aliphatic heterocycles. The van der Waals surface area contributed by atoms with E-state index in [1.807, 2.05) is 11.8 Å². The van der Waals surface area contributed by atoms with Crippen LogP contribution in [0.15, 0.2) is 34.2 Å². The van der Waals surface area contributed by atoms with E-state index in [4.69, 9.17) is 5.73 Å². The number of benzene rings is 1. The Labute approximate surface area is 143 Å². The molecule has 0 heterocycles. The van der Waals surface area contributed by atoms with Crippen molar-refractivity contribution in [2.75, 3.05) is 18.8 Å². The van der Waals surface area contributed by atoms with Crippen molar-refractivity contribution in [2.24, 2.45) is 16.6 Å². The average Bonchev–Trinajstić information content (AvgIpc) is 2.35. The predicted molar refractivity (Wildman–Crippen MR) is 99.2 cm³/mol. The quantitative estimate of drug-likeness (QED) is 0.251. The summed E-state index contributed by atoms with van der Waals surface area (Å²) < 4.78 is 0. The highest BCUT2D eigenvalue weighted by molar-refractivity contribution is 14.0. The van der Waals surface area contributed by atoms with Crippen molar-refractivity contribution in [1.29, 1.82) is 0 Å². The first-order valence-corrected chi connectivity index (χ1v) is 7.96. The molecule has 20 heavy (non-hydrogen) atoms. The van der Waals surface area contributed by atoms with Gasteiger partial charge in [0.25, 0.3) is 0 Å². The molecule has 3 N–H and O–H groups in total. The average molecular weight is 405 g/mol. The van der Waals surface area contributed by atoms with Crippen LogP contribution in [0.4, 0.5) is 0 Å². The third-order valence-corrected chi connectivity index (χ3v) is 4.46. The van der Waals surface area contributed by atoms with E-state index in [1.54, 1.807) is 0 Å². The molecule has 5 heteroatoms. The maximum Gasteiger partial charge on any atom is 0.188 e. The second-order valence-electron chi connectivity index (χ2n) is 5.11. The Balaban J connectivity index is 0.00000200. The Hall–Kier alpha value is -0.430. The van der Waals surface area contributed by atoms with Gasteiger partial charge in [0.1, 0.15) is 0 Å². The topological polar surface area (TPSA) is 50.4 Å². The highest BCUT2D eigenvalue weighted by Crippen LogP contribution is 2.26. The third-order valence-electron chi connectivity index (χ3n) is 3.44. The molecule has 1 aromatic carbocycles. The zero-order valence-corrected chi connectivity index (χ0v) is 15.1. The van der Waals surface area contributed by atoms with Crippen LogP contribution in [0.3, 0.4) is 0 Å². The zero-order valence-electron chi connectivity index (χ0n) is 12.0. The molecular formula is C15H24IN3S. The minimum Gasteiger partial charge on any atom is -0.370 e. The number of halogens is 1. The summed E-state index contributed by atoms with van der Waals surface area (Å²) in [6.07, 6.45) is 4.00. The highest BCUT2D eigenvalue weighted by Gasteiger charge is 2.16. The van der Waals surface area contributed by atoms with Crippen molar-refractivity contribution in [3.63, 3.8) is 0 Å². The van der Waals surface area contributed by atoms with E-state index in [0.29, 0.717) is 5.96 Å². The molecule has 1 fully saturated rings. The van der Waals surface area contributed by atoms with Gasteiger partial charge in [0, 0.05) is 23.7 Å². The number of nitrogens with two attached hydrogens (primary N) is 1. The Bertz CT molecular complexity index is 416. The summed E-state index contributed by atoms with van der Waals surface area (Å²) in [6.45, 7) is 3.86. The van der Waals surface area contributed by atoms with E-state index in [2.05, 4.69) is 41.5 Å². The van der Waals surface area contributed by atoms with Gasteiger partial charge in [-0.1, -0.05) is 24.1 Å². The molecule has 0 aromatic heterocycles. The van der Waals surface area contributed by atoms with Crippen LogP contribution in [0.25, 0.3) is 0 Å². The van der Waals surface area contributed by atoms with Crippen molar-refractivity contribution in [3.05, 3.63) is 29.8 Å². The summed E-state index contributed by atoms with van der Waals surface area (Å²) in [5, 5.41) is 3.17. The SMILES string of the molecule is Cc1ccc(SCCNC(N)=NCC2CCC2)cc1.I. The van der Waals surface area contributed by atoms with Crippen molar-refractivity contribution in [1.82, 2.24) is 5.32 Å². The standard InChI is InChI=1S/C15H23N3S.HI/c1-12-5-7-14(8-6-12)19-10-9-17-15(16)18-11-13-3-2-4-13;/h5-8,13H,2-4,9-11H2,1H3,(H3,16,17,18);1H. The predicted octanol–water partition coefficient (Wildman–Crippen LogP) is 3.41. The molecule has 0 radical (unpaired) electrons. The van der Waals surface area contributed by atoms with Gasteiger partial charge < -0.3 is 11.1 Å². The number of guanidine groups is 1. The van der Waals surface area contributed by atoms with Crippen LogP contribution in [0, 0.1) is 12.8 Å². The molecule has 0 spiro atoms. The summed E-state index contributed by atoms with van der Waals surface area (Å²) in [5.74, 6) is 2.38. The fraction of sp³-hybridized carbons (Fsp3) is 0.533. The molecule has 0 amide bonds. The van der Waals surface area contributed by atoms with Gasteiger partial charge in [0.15, 0.2) is 5.96 Å². The van der Waals surface area contributed by atoms with Crippen molar-refractivity contribution in [2.45, 2.75) is 31.1 Å². The van der Waals surface area contributed by atoms with Gasteiger partial charge in [-0.2, -0.15) is 0 Å². The molecule has 0 bridgehead atoms. The number of hydrogen-bond acceptors (Lipinski definition) is 2. The largest absolute Gasteiger partial charge is 0.370 e. The normalized spacial score (nSPS) is 15.3. The number of nitrogens with one attached hydrogen (secondary N) is 1. The molecule has 3 nitrogen and oxygen atoms in total.